The Morgan fingerprint density at radius 1 is 1.27 bits per heavy atom. The standard InChI is InChI=1S/C12H11N3/c1-15-8-10(7-13-15)12-6-9-4-2-3-5-11(9)14-12/h2-8,14H,1H3. The van der Waals surface area contributed by atoms with Crippen LogP contribution in [-0.4, -0.2) is 14.8 Å². The lowest BCUT2D eigenvalue weighted by Gasteiger charge is -1.88. The monoisotopic (exact) mass is 197 g/mol. The summed E-state index contributed by atoms with van der Waals surface area (Å²) in [6.45, 7) is 0. The zero-order valence-electron chi connectivity index (χ0n) is 8.44. The summed E-state index contributed by atoms with van der Waals surface area (Å²) in [5, 5.41) is 5.39. The highest BCUT2D eigenvalue weighted by atomic mass is 15.2. The van der Waals surface area contributed by atoms with E-state index >= 15 is 0 Å². The number of aromatic nitrogens is 3. The lowest BCUT2D eigenvalue weighted by Crippen LogP contribution is -1.84. The molecule has 74 valence electrons. The van der Waals surface area contributed by atoms with Gasteiger partial charge in [-0.2, -0.15) is 5.10 Å². The molecule has 0 aliphatic carbocycles. The van der Waals surface area contributed by atoms with E-state index in [2.05, 4.69) is 28.3 Å². The molecular formula is C12H11N3. The molecule has 0 bridgehead atoms. The number of rotatable bonds is 1. The van der Waals surface area contributed by atoms with Gasteiger partial charge in [-0.1, -0.05) is 18.2 Å². The first-order chi connectivity index (χ1) is 7.33. The molecule has 3 nitrogen and oxygen atoms in total. The third-order valence-corrected chi connectivity index (χ3v) is 2.55. The molecule has 0 saturated carbocycles. The summed E-state index contributed by atoms with van der Waals surface area (Å²) in [6, 6.07) is 10.4. The molecular weight excluding hydrogens is 186 g/mol. The Hall–Kier alpha value is -2.03. The fourth-order valence-corrected chi connectivity index (χ4v) is 1.79. The SMILES string of the molecule is Cn1cc(-c2cc3ccccc3[nH]2)cn1. The van der Waals surface area contributed by atoms with Crippen molar-refractivity contribution in [3.05, 3.63) is 42.7 Å². The highest BCUT2D eigenvalue weighted by Crippen LogP contribution is 2.22. The summed E-state index contributed by atoms with van der Waals surface area (Å²) in [4.78, 5) is 3.37. The minimum Gasteiger partial charge on any atom is -0.354 e. The molecule has 0 spiro atoms. The summed E-state index contributed by atoms with van der Waals surface area (Å²) in [6.07, 6.45) is 3.87. The topological polar surface area (TPSA) is 33.6 Å². The van der Waals surface area contributed by atoms with Gasteiger partial charge in [-0.25, -0.2) is 0 Å². The number of fused-ring (bicyclic) bond motifs is 1. The molecule has 1 aromatic carbocycles. The van der Waals surface area contributed by atoms with Gasteiger partial charge >= 0.3 is 0 Å². The summed E-state index contributed by atoms with van der Waals surface area (Å²) >= 11 is 0. The smallest absolute Gasteiger partial charge is 0.0583 e. The molecule has 0 radical (unpaired) electrons. The van der Waals surface area contributed by atoms with E-state index < -0.39 is 0 Å². The molecule has 3 aromatic rings. The van der Waals surface area contributed by atoms with Gasteiger partial charge in [0.2, 0.25) is 0 Å². The second-order valence-corrected chi connectivity index (χ2v) is 3.67. The molecule has 0 saturated heterocycles. The minimum absolute atomic E-state index is 1.12. The summed E-state index contributed by atoms with van der Waals surface area (Å²) < 4.78 is 1.81. The molecule has 0 fully saturated rings. The maximum Gasteiger partial charge on any atom is 0.0583 e. The number of H-pyrrole nitrogens is 1. The zero-order chi connectivity index (χ0) is 10.3. The van der Waals surface area contributed by atoms with Crippen LogP contribution in [0.3, 0.4) is 0 Å². The van der Waals surface area contributed by atoms with Crippen LogP contribution in [0.5, 0.6) is 0 Å². The Morgan fingerprint density at radius 3 is 2.87 bits per heavy atom. The Labute approximate surface area is 87.4 Å². The number of nitrogens with one attached hydrogen (secondary N) is 1. The lowest BCUT2D eigenvalue weighted by atomic mass is 10.2. The van der Waals surface area contributed by atoms with Crippen molar-refractivity contribution >= 4 is 10.9 Å². The van der Waals surface area contributed by atoms with Gasteiger partial charge in [-0.05, 0) is 12.1 Å². The van der Waals surface area contributed by atoms with Crippen LogP contribution in [0.1, 0.15) is 0 Å². The van der Waals surface area contributed by atoms with E-state index in [-0.39, 0.29) is 0 Å². The summed E-state index contributed by atoms with van der Waals surface area (Å²) in [5.41, 5.74) is 3.40. The highest BCUT2D eigenvalue weighted by Gasteiger charge is 2.03. The van der Waals surface area contributed by atoms with Crippen LogP contribution in [0.25, 0.3) is 22.2 Å². The van der Waals surface area contributed by atoms with E-state index in [9.17, 15) is 0 Å². The Bertz CT molecular complexity index is 571. The number of aryl methyl sites for hydroxylation is 1. The number of aromatic amines is 1. The van der Waals surface area contributed by atoms with Gasteiger partial charge in [-0.15, -0.1) is 0 Å². The van der Waals surface area contributed by atoms with Crippen molar-refractivity contribution in [2.24, 2.45) is 7.05 Å². The molecule has 0 atom stereocenters. The van der Waals surface area contributed by atoms with Crippen LogP contribution >= 0.6 is 0 Å². The van der Waals surface area contributed by atoms with Crippen molar-refractivity contribution < 1.29 is 0 Å². The maximum atomic E-state index is 4.16. The summed E-state index contributed by atoms with van der Waals surface area (Å²) in [5.74, 6) is 0. The first kappa shape index (κ1) is 8.29. The van der Waals surface area contributed by atoms with Crippen molar-refractivity contribution in [3.8, 4) is 11.3 Å². The van der Waals surface area contributed by atoms with E-state index in [4.69, 9.17) is 0 Å². The minimum atomic E-state index is 1.12. The molecule has 2 heterocycles. The lowest BCUT2D eigenvalue weighted by molar-refractivity contribution is 0.768. The molecule has 2 aromatic heterocycles. The normalized spacial score (nSPS) is 11.0. The van der Waals surface area contributed by atoms with Crippen LogP contribution in [0.2, 0.25) is 0 Å². The van der Waals surface area contributed by atoms with Crippen molar-refractivity contribution in [1.29, 1.82) is 0 Å². The number of hydrogen-bond acceptors (Lipinski definition) is 1. The van der Waals surface area contributed by atoms with Crippen molar-refractivity contribution in [3.63, 3.8) is 0 Å². The van der Waals surface area contributed by atoms with Crippen LogP contribution in [0.4, 0.5) is 0 Å². The third-order valence-electron chi connectivity index (χ3n) is 2.55. The van der Waals surface area contributed by atoms with E-state index in [0.717, 1.165) is 16.8 Å². The molecule has 1 N–H and O–H groups in total. The molecule has 0 aliphatic heterocycles. The van der Waals surface area contributed by atoms with Crippen molar-refractivity contribution in [1.82, 2.24) is 14.8 Å². The van der Waals surface area contributed by atoms with Gasteiger partial charge in [0.15, 0.2) is 0 Å². The molecule has 3 heteroatoms. The van der Waals surface area contributed by atoms with Crippen molar-refractivity contribution in [2.75, 3.05) is 0 Å². The molecule has 0 aliphatic rings. The number of benzene rings is 1. The van der Waals surface area contributed by atoms with Crippen molar-refractivity contribution in [2.45, 2.75) is 0 Å². The predicted molar refractivity (Wildman–Crippen MR) is 60.5 cm³/mol. The first-order valence-corrected chi connectivity index (χ1v) is 4.90. The fraction of sp³-hybridized carbons (Fsp3) is 0.0833. The molecule has 0 unspecified atom stereocenters. The van der Waals surface area contributed by atoms with E-state index in [0.29, 0.717) is 0 Å². The molecule has 0 amide bonds. The molecule has 15 heavy (non-hydrogen) atoms. The average Bonchev–Trinajstić information content (AvgIpc) is 2.82. The van der Waals surface area contributed by atoms with Gasteiger partial charge in [0, 0.05) is 35.4 Å². The largest absolute Gasteiger partial charge is 0.354 e. The maximum absolute atomic E-state index is 4.16. The third kappa shape index (κ3) is 1.32. The number of nitrogens with zero attached hydrogens (tertiary/aromatic N) is 2. The predicted octanol–water partition coefficient (Wildman–Crippen LogP) is 2.57. The van der Waals surface area contributed by atoms with Gasteiger partial charge in [0.1, 0.15) is 0 Å². The average molecular weight is 197 g/mol. The van der Waals surface area contributed by atoms with E-state index in [1.54, 1.807) is 4.68 Å². The highest BCUT2D eigenvalue weighted by molar-refractivity contribution is 5.85. The zero-order valence-corrected chi connectivity index (χ0v) is 8.44. The Kier molecular flexibility index (Phi) is 1.65. The van der Waals surface area contributed by atoms with E-state index in [1.807, 2.05) is 31.6 Å². The Balaban J connectivity index is 2.19. The summed E-state index contributed by atoms with van der Waals surface area (Å²) in [7, 11) is 1.92. The van der Waals surface area contributed by atoms with Gasteiger partial charge in [0.05, 0.1) is 6.20 Å². The fourth-order valence-electron chi connectivity index (χ4n) is 1.79. The Morgan fingerprint density at radius 2 is 2.13 bits per heavy atom. The van der Waals surface area contributed by atoms with Crippen LogP contribution < -0.4 is 0 Å². The van der Waals surface area contributed by atoms with Crippen LogP contribution in [0.15, 0.2) is 42.7 Å². The van der Waals surface area contributed by atoms with Gasteiger partial charge < -0.3 is 4.98 Å². The van der Waals surface area contributed by atoms with Crippen LogP contribution in [-0.2, 0) is 7.05 Å². The van der Waals surface area contributed by atoms with Crippen LogP contribution in [0, 0.1) is 0 Å². The number of hydrogen-bond donors (Lipinski definition) is 1. The van der Waals surface area contributed by atoms with Gasteiger partial charge in [0.25, 0.3) is 0 Å². The number of para-hydroxylation sites is 1. The van der Waals surface area contributed by atoms with E-state index in [1.165, 1.54) is 5.39 Å². The van der Waals surface area contributed by atoms with Gasteiger partial charge in [-0.3, -0.25) is 4.68 Å². The first-order valence-electron chi connectivity index (χ1n) is 4.90. The quantitative estimate of drug-likeness (QED) is 0.639. The second-order valence-electron chi connectivity index (χ2n) is 3.67. The molecule has 3 rings (SSSR count). The second kappa shape index (κ2) is 2.98.